The van der Waals surface area contributed by atoms with Gasteiger partial charge in [0.1, 0.15) is 5.69 Å². The summed E-state index contributed by atoms with van der Waals surface area (Å²) in [4.78, 5) is 13.8. The van der Waals surface area contributed by atoms with Crippen LogP contribution in [-0.4, -0.2) is 33.9 Å². The van der Waals surface area contributed by atoms with Crippen molar-refractivity contribution in [2.45, 2.75) is 5.92 Å². The van der Waals surface area contributed by atoms with E-state index in [0.29, 0.717) is 11.6 Å². The van der Waals surface area contributed by atoms with Gasteiger partial charge in [0.05, 0.1) is 19.4 Å². The van der Waals surface area contributed by atoms with E-state index in [2.05, 4.69) is 26.0 Å². The Labute approximate surface area is 141 Å². The van der Waals surface area contributed by atoms with E-state index in [-0.39, 0.29) is 0 Å². The first-order chi connectivity index (χ1) is 11.0. The summed E-state index contributed by atoms with van der Waals surface area (Å²) in [6, 6.07) is 7.47. The van der Waals surface area contributed by atoms with Crippen LogP contribution in [0.1, 0.15) is 22.0 Å². The number of nitrogens with two attached hydrogens (primary N) is 1. The highest BCUT2D eigenvalue weighted by atomic mass is 79.9. The number of aromatic amines is 1. The third-order valence-corrected chi connectivity index (χ3v) is 4.18. The fraction of sp³-hybridized carbons (Fsp3) is 0.250. The number of hydrogen-bond acceptors (Lipinski definition) is 3. The van der Waals surface area contributed by atoms with Crippen molar-refractivity contribution in [1.82, 2.24) is 14.8 Å². The van der Waals surface area contributed by atoms with Crippen LogP contribution >= 0.6 is 15.9 Å². The highest BCUT2D eigenvalue weighted by molar-refractivity contribution is 9.10. The van der Waals surface area contributed by atoms with E-state index in [4.69, 9.17) is 10.5 Å². The van der Waals surface area contributed by atoms with E-state index in [0.717, 1.165) is 28.6 Å². The molecule has 0 spiro atoms. The molecule has 2 aromatic heterocycles. The molecule has 6 nitrogen and oxygen atoms in total. The third-order valence-electron chi connectivity index (χ3n) is 3.68. The smallest absolute Gasteiger partial charge is 0.265 e. The summed E-state index contributed by atoms with van der Waals surface area (Å²) in [5, 5.41) is 5.06. The molecule has 7 heteroatoms. The summed E-state index contributed by atoms with van der Waals surface area (Å²) in [7, 11) is 1.93. The first-order valence-corrected chi connectivity index (χ1v) is 7.96. The molecule has 1 saturated heterocycles. The average molecular weight is 377 g/mol. The molecule has 0 bridgehead atoms. The highest BCUT2D eigenvalue weighted by Gasteiger charge is 2.21. The number of carbonyl (C=O) groups is 1. The number of hydrogen-bond donors (Lipinski definition) is 2. The minimum atomic E-state index is -0.438. The van der Waals surface area contributed by atoms with E-state index >= 15 is 0 Å². The largest absolute Gasteiger partial charge is 0.380 e. The van der Waals surface area contributed by atoms with Crippen LogP contribution < -0.4 is 5.73 Å². The van der Waals surface area contributed by atoms with Gasteiger partial charge >= 0.3 is 0 Å². The molecule has 1 aliphatic rings. The molecule has 0 aliphatic carbocycles. The molecule has 1 aliphatic heterocycles. The van der Waals surface area contributed by atoms with Crippen LogP contribution in [0.25, 0.3) is 10.9 Å². The van der Waals surface area contributed by atoms with Crippen molar-refractivity contribution < 1.29 is 9.53 Å². The number of H-pyrrole nitrogens is 1. The molecule has 0 saturated carbocycles. The number of rotatable bonds is 2. The van der Waals surface area contributed by atoms with Gasteiger partial charge in [0.2, 0.25) is 0 Å². The van der Waals surface area contributed by atoms with E-state index in [9.17, 15) is 4.79 Å². The van der Waals surface area contributed by atoms with Crippen LogP contribution in [0.4, 0.5) is 0 Å². The Hall–Kier alpha value is -2.12. The summed E-state index contributed by atoms with van der Waals surface area (Å²) in [5.41, 5.74) is 7.79. The number of nitrogens with zero attached hydrogens (tertiary/aromatic N) is 2. The second-order valence-corrected chi connectivity index (χ2v) is 6.38. The summed E-state index contributed by atoms with van der Waals surface area (Å²) in [6.45, 7) is 1.73. The number of ether oxygens (including phenoxy) is 1. The molecule has 1 fully saturated rings. The van der Waals surface area contributed by atoms with Gasteiger partial charge in [-0.05, 0) is 29.8 Å². The summed E-state index contributed by atoms with van der Waals surface area (Å²) in [5.74, 6) is 0.168. The Bertz CT molecular complexity index is 836. The standard InChI is InChI=1S/C9H7BrN2O.C7H10N2O/c10-6-1-2-7-5(3-6)4-8(12-7)9(11)13;1-9-3-6(2-8-9)7-4-10-5-7/h1-4,12H,(H2,11,13);2-3,7H,4-5H2,1H3. The molecule has 120 valence electrons. The normalized spacial score (nSPS) is 14.2. The number of primary amides is 1. The van der Waals surface area contributed by atoms with E-state index in [1.807, 2.05) is 42.3 Å². The van der Waals surface area contributed by atoms with Crippen LogP contribution in [0, 0.1) is 0 Å². The molecule has 1 aromatic carbocycles. The lowest BCUT2D eigenvalue weighted by atomic mass is 10.0. The molecule has 3 aromatic rings. The minimum absolute atomic E-state index is 0.438. The Morgan fingerprint density at radius 2 is 2.22 bits per heavy atom. The molecule has 3 heterocycles. The van der Waals surface area contributed by atoms with Gasteiger partial charge in [0.25, 0.3) is 5.91 Å². The lowest BCUT2D eigenvalue weighted by Crippen LogP contribution is -2.24. The summed E-state index contributed by atoms with van der Waals surface area (Å²) < 4.78 is 7.87. The minimum Gasteiger partial charge on any atom is -0.380 e. The monoisotopic (exact) mass is 376 g/mol. The number of halogens is 1. The average Bonchev–Trinajstić information content (AvgIpc) is 3.03. The van der Waals surface area contributed by atoms with Crippen LogP contribution in [0.3, 0.4) is 0 Å². The van der Waals surface area contributed by atoms with Crippen molar-refractivity contribution in [3.63, 3.8) is 0 Å². The Morgan fingerprint density at radius 3 is 2.78 bits per heavy atom. The van der Waals surface area contributed by atoms with E-state index in [1.54, 1.807) is 6.07 Å². The van der Waals surface area contributed by atoms with Gasteiger partial charge in [0, 0.05) is 34.5 Å². The fourth-order valence-corrected chi connectivity index (χ4v) is 2.69. The van der Waals surface area contributed by atoms with Crippen LogP contribution in [0.2, 0.25) is 0 Å². The SMILES string of the molecule is Cn1cc(C2COC2)cn1.NC(=O)c1cc2cc(Br)ccc2[nH]1. The van der Waals surface area contributed by atoms with E-state index in [1.165, 1.54) is 5.56 Å². The third kappa shape index (κ3) is 3.62. The van der Waals surface area contributed by atoms with Crippen molar-refractivity contribution in [3.05, 3.63) is 52.4 Å². The molecular weight excluding hydrogens is 360 g/mol. The quantitative estimate of drug-likeness (QED) is 0.720. The number of benzene rings is 1. The van der Waals surface area contributed by atoms with Crippen molar-refractivity contribution in [2.75, 3.05) is 13.2 Å². The van der Waals surface area contributed by atoms with Gasteiger partial charge in [-0.3, -0.25) is 9.48 Å². The van der Waals surface area contributed by atoms with Crippen molar-refractivity contribution in [2.24, 2.45) is 12.8 Å². The van der Waals surface area contributed by atoms with Crippen LogP contribution in [-0.2, 0) is 11.8 Å². The molecule has 23 heavy (non-hydrogen) atoms. The second-order valence-electron chi connectivity index (χ2n) is 5.46. The summed E-state index contributed by atoms with van der Waals surface area (Å²) >= 11 is 3.35. The predicted molar refractivity (Wildman–Crippen MR) is 91.3 cm³/mol. The lowest BCUT2D eigenvalue weighted by Gasteiger charge is -2.24. The van der Waals surface area contributed by atoms with Crippen molar-refractivity contribution in [3.8, 4) is 0 Å². The van der Waals surface area contributed by atoms with Gasteiger partial charge in [0.15, 0.2) is 0 Å². The first kappa shape index (κ1) is 15.8. The molecule has 0 radical (unpaired) electrons. The Kier molecular flexibility index (Phi) is 4.49. The van der Waals surface area contributed by atoms with Crippen molar-refractivity contribution in [1.29, 1.82) is 0 Å². The number of aromatic nitrogens is 3. The summed E-state index contributed by atoms with van der Waals surface area (Å²) in [6.07, 6.45) is 3.96. The maximum absolute atomic E-state index is 10.8. The molecule has 0 atom stereocenters. The van der Waals surface area contributed by atoms with E-state index < -0.39 is 5.91 Å². The fourth-order valence-electron chi connectivity index (χ4n) is 2.32. The van der Waals surface area contributed by atoms with Gasteiger partial charge in [-0.15, -0.1) is 0 Å². The predicted octanol–water partition coefficient (Wildman–Crippen LogP) is 2.56. The zero-order valence-corrected chi connectivity index (χ0v) is 14.2. The lowest BCUT2D eigenvalue weighted by molar-refractivity contribution is 0.00839. The maximum Gasteiger partial charge on any atom is 0.265 e. The topological polar surface area (TPSA) is 85.9 Å². The zero-order chi connectivity index (χ0) is 16.4. The van der Waals surface area contributed by atoms with Gasteiger partial charge in [-0.1, -0.05) is 15.9 Å². The Morgan fingerprint density at radius 1 is 1.43 bits per heavy atom. The molecule has 1 amide bonds. The van der Waals surface area contributed by atoms with Crippen LogP contribution in [0.5, 0.6) is 0 Å². The maximum atomic E-state index is 10.8. The van der Waals surface area contributed by atoms with Gasteiger partial charge in [-0.2, -0.15) is 5.10 Å². The number of nitrogens with one attached hydrogen (secondary N) is 1. The molecule has 4 rings (SSSR count). The number of aryl methyl sites for hydroxylation is 1. The van der Waals surface area contributed by atoms with Gasteiger partial charge < -0.3 is 15.5 Å². The molecule has 0 unspecified atom stereocenters. The second kappa shape index (κ2) is 6.55. The van der Waals surface area contributed by atoms with Crippen LogP contribution in [0.15, 0.2) is 41.1 Å². The molecular formula is C16H17BrN4O2. The number of carbonyl (C=O) groups excluding carboxylic acids is 1. The molecule has 3 N–H and O–H groups in total. The highest BCUT2D eigenvalue weighted by Crippen LogP contribution is 2.22. The Balaban J connectivity index is 0.000000140. The first-order valence-electron chi connectivity index (χ1n) is 7.17. The van der Waals surface area contributed by atoms with Gasteiger partial charge in [-0.25, -0.2) is 0 Å². The zero-order valence-electron chi connectivity index (χ0n) is 12.6. The number of amides is 1. The van der Waals surface area contributed by atoms with Crippen molar-refractivity contribution >= 4 is 32.7 Å². The number of fused-ring (bicyclic) bond motifs is 1.